The third-order valence-corrected chi connectivity index (χ3v) is 5.01. The van der Waals surface area contributed by atoms with Crippen molar-refractivity contribution in [3.05, 3.63) is 69.6 Å². The number of benzene rings is 2. The molecule has 0 atom stereocenters. The van der Waals surface area contributed by atoms with Crippen molar-refractivity contribution in [2.24, 2.45) is 0 Å². The molecule has 2 aromatic carbocycles. The van der Waals surface area contributed by atoms with E-state index in [1.54, 1.807) is 12.1 Å². The Morgan fingerprint density at radius 3 is 2.62 bits per heavy atom. The maximum Gasteiger partial charge on any atom is 0.270 e. The fourth-order valence-corrected chi connectivity index (χ4v) is 3.67. The minimum absolute atomic E-state index is 0.0831. The van der Waals surface area contributed by atoms with Gasteiger partial charge in [-0.2, -0.15) is 0 Å². The number of non-ortho nitro benzene ring substituents is 1. The van der Waals surface area contributed by atoms with E-state index in [4.69, 9.17) is 0 Å². The van der Waals surface area contributed by atoms with Gasteiger partial charge in [-0.1, -0.05) is 43.3 Å². The lowest BCUT2D eigenvalue weighted by molar-refractivity contribution is -0.384. The number of hydrogen-bond donors (Lipinski definition) is 0. The summed E-state index contributed by atoms with van der Waals surface area (Å²) in [4.78, 5) is 17.5. The molecule has 0 bridgehead atoms. The third kappa shape index (κ3) is 4.33. The first-order valence-corrected chi connectivity index (χ1v) is 9.43. The van der Waals surface area contributed by atoms with E-state index in [2.05, 4.69) is 48.1 Å². The van der Waals surface area contributed by atoms with Gasteiger partial charge in [-0.15, -0.1) is 11.3 Å². The highest BCUT2D eigenvalue weighted by molar-refractivity contribution is 7.13. The number of hydrogen-bond acceptors (Lipinski definition) is 5. The van der Waals surface area contributed by atoms with Gasteiger partial charge in [0.2, 0.25) is 0 Å². The quantitative estimate of drug-likeness (QED) is 0.424. The number of aromatic nitrogens is 1. The molecule has 3 aromatic rings. The maximum absolute atomic E-state index is 10.9. The van der Waals surface area contributed by atoms with Crippen molar-refractivity contribution in [3.8, 4) is 21.8 Å². The molecular weight excluding hydrogens is 346 g/mol. The van der Waals surface area contributed by atoms with E-state index in [-0.39, 0.29) is 10.6 Å². The molecule has 1 heterocycles. The van der Waals surface area contributed by atoms with E-state index in [1.807, 2.05) is 11.4 Å². The zero-order valence-electron chi connectivity index (χ0n) is 14.9. The van der Waals surface area contributed by atoms with Gasteiger partial charge >= 0.3 is 0 Å². The highest BCUT2D eigenvalue weighted by Crippen LogP contribution is 2.30. The molecule has 0 saturated heterocycles. The first-order chi connectivity index (χ1) is 12.6. The number of nitro groups is 1. The Bertz CT molecular complexity index is 890. The second kappa shape index (κ2) is 8.21. The molecule has 134 valence electrons. The van der Waals surface area contributed by atoms with E-state index in [1.165, 1.54) is 23.0 Å². The van der Waals surface area contributed by atoms with Crippen LogP contribution in [0.4, 0.5) is 5.69 Å². The smallest absolute Gasteiger partial charge is 0.270 e. The number of nitro benzene ring substituents is 1. The number of rotatable bonds is 7. The minimum atomic E-state index is -0.383. The molecule has 0 radical (unpaired) electrons. The van der Waals surface area contributed by atoms with E-state index < -0.39 is 0 Å². The zero-order chi connectivity index (χ0) is 18.5. The number of nitrogens with zero attached hydrogens (tertiary/aromatic N) is 3. The maximum atomic E-state index is 10.9. The van der Waals surface area contributed by atoms with Crippen molar-refractivity contribution >= 4 is 17.0 Å². The molecule has 0 fully saturated rings. The van der Waals surface area contributed by atoms with Crippen LogP contribution in [0.3, 0.4) is 0 Å². The Morgan fingerprint density at radius 1 is 1.15 bits per heavy atom. The topological polar surface area (TPSA) is 59.3 Å². The summed E-state index contributed by atoms with van der Waals surface area (Å²) in [7, 11) is 2.13. The molecular formula is C20H21N3O2S. The van der Waals surface area contributed by atoms with Gasteiger partial charge in [0.05, 0.1) is 10.6 Å². The molecule has 0 unspecified atom stereocenters. The molecule has 0 aliphatic carbocycles. The van der Waals surface area contributed by atoms with Gasteiger partial charge in [0, 0.05) is 35.2 Å². The Hall–Kier alpha value is -2.57. The van der Waals surface area contributed by atoms with Crippen molar-refractivity contribution < 1.29 is 4.92 Å². The van der Waals surface area contributed by atoms with Crippen LogP contribution >= 0.6 is 11.3 Å². The molecule has 0 spiro atoms. The summed E-state index contributed by atoms with van der Waals surface area (Å²) in [6, 6.07) is 15.0. The van der Waals surface area contributed by atoms with Crippen LogP contribution in [0, 0.1) is 10.1 Å². The summed E-state index contributed by atoms with van der Waals surface area (Å²) in [6.07, 6.45) is 1.15. The summed E-state index contributed by atoms with van der Waals surface area (Å²) in [5.41, 5.74) is 4.08. The van der Waals surface area contributed by atoms with Gasteiger partial charge < -0.3 is 4.90 Å². The Labute approximate surface area is 157 Å². The third-order valence-electron chi connectivity index (χ3n) is 4.12. The minimum Gasteiger partial charge on any atom is -0.302 e. The second-order valence-corrected chi connectivity index (χ2v) is 7.14. The molecule has 0 aliphatic rings. The van der Waals surface area contributed by atoms with Crippen molar-refractivity contribution in [2.75, 3.05) is 13.6 Å². The van der Waals surface area contributed by atoms with Crippen LogP contribution in [0.25, 0.3) is 21.8 Å². The summed E-state index contributed by atoms with van der Waals surface area (Å²) < 4.78 is 0. The van der Waals surface area contributed by atoms with Crippen molar-refractivity contribution in [2.45, 2.75) is 19.9 Å². The fraction of sp³-hybridized carbons (Fsp3) is 0.250. The molecule has 5 nitrogen and oxygen atoms in total. The lowest BCUT2D eigenvalue weighted by atomic mass is 10.1. The highest BCUT2D eigenvalue weighted by atomic mass is 32.1. The normalized spacial score (nSPS) is 11.0. The molecule has 1 aromatic heterocycles. The average molecular weight is 367 g/mol. The van der Waals surface area contributed by atoms with Crippen molar-refractivity contribution in [1.82, 2.24) is 9.88 Å². The fourth-order valence-electron chi connectivity index (χ4n) is 2.84. The largest absolute Gasteiger partial charge is 0.302 e. The lowest BCUT2D eigenvalue weighted by Gasteiger charge is -2.15. The molecule has 0 aliphatic heterocycles. The lowest BCUT2D eigenvalue weighted by Crippen LogP contribution is -2.18. The van der Waals surface area contributed by atoms with Crippen molar-refractivity contribution in [3.63, 3.8) is 0 Å². The summed E-state index contributed by atoms with van der Waals surface area (Å²) >= 11 is 1.50. The van der Waals surface area contributed by atoms with Crippen LogP contribution in [-0.4, -0.2) is 28.4 Å². The van der Waals surface area contributed by atoms with Crippen LogP contribution < -0.4 is 0 Å². The standard InChI is InChI=1S/C20H21N3O2S/c1-3-11-22(2)13-15-7-9-16(10-8-15)19-14-26-20(21-19)17-5-4-6-18(12-17)23(24)25/h4-10,12,14H,3,11,13H2,1-2H3. The van der Waals surface area contributed by atoms with Gasteiger partial charge in [0.25, 0.3) is 5.69 Å². The van der Waals surface area contributed by atoms with Gasteiger partial charge in [0.1, 0.15) is 5.01 Å². The van der Waals surface area contributed by atoms with Gasteiger partial charge in [-0.05, 0) is 25.6 Å². The van der Waals surface area contributed by atoms with Gasteiger partial charge in [-0.3, -0.25) is 10.1 Å². The summed E-state index contributed by atoms with van der Waals surface area (Å²) in [5.74, 6) is 0. The molecule has 0 amide bonds. The average Bonchev–Trinajstić information content (AvgIpc) is 3.13. The monoisotopic (exact) mass is 367 g/mol. The zero-order valence-corrected chi connectivity index (χ0v) is 15.7. The SMILES string of the molecule is CCCN(C)Cc1ccc(-c2csc(-c3cccc([N+](=O)[O-])c3)n2)cc1. The molecule has 26 heavy (non-hydrogen) atoms. The first-order valence-electron chi connectivity index (χ1n) is 8.55. The van der Waals surface area contributed by atoms with Crippen LogP contribution in [0.15, 0.2) is 53.9 Å². The number of thiazole rings is 1. The summed E-state index contributed by atoms with van der Waals surface area (Å²) in [5, 5.41) is 13.7. The van der Waals surface area contributed by atoms with Crippen LogP contribution in [0.2, 0.25) is 0 Å². The Balaban J connectivity index is 1.77. The van der Waals surface area contributed by atoms with E-state index in [0.717, 1.165) is 41.3 Å². The Morgan fingerprint density at radius 2 is 1.92 bits per heavy atom. The van der Waals surface area contributed by atoms with Gasteiger partial charge in [0.15, 0.2) is 0 Å². The molecule has 0 N–H and O–H groups in total. The predicted molar refractivity (Wildman–Crippen MR) is 106 cm³/mol. The second-order valence-electron chi connectivity index (χ2n) is 6.28. The van der Waals surface area contributed by atoms with E-state index >= 15 is 0 Å². The Kier molecular flexibility index (Phi) is 5.75. The first kappa shape index (κ1) is 18.2. The highest BCUT2D eigenvalue weighted by Gasteiger charge is 2.11. The van der Waals surface area contributed by atoms with E-state index in [0.29, 0.717) is 0 Å². The van der Waals surface area contributed by atoms with Crippen LogP contribution in [0.1, 0.15) is 18.9 Å². The van der Waals surface area contributed by atoms with E-state index in [9.17, 15) is 10.1 Å². The predicted octanol–water partition coefficient (Wildman–Crippen LogP) is 5.23. The molecule has 6 heteroatoms. The molecule has 0 saturated carbocycles. The summed E-state index contributed by atoms with van der Waals surface area (Å²) in [6.45, 7) is 4.20. The van der Waals surface area contributed by atoms with Gasteiger partial charge in [-0.25, -0.2) is 4.98 Å². The van der Waals surface area contributed by atoms with Crippen LogP contribution in [-0.2, 0) is 6.54 Å². The molecule has 3 rings (SSSR count). The van der Waals surface area contributed by atoms with Crippen molar-refractivity contribution in [1.29, 1.82) is 0 Å². The van der Waals surface area contributed by atoms with Crippen LogP contribution in [0.5, 0.6) is 0 Å².